The third kappa shape index (κ3) is 2.24. The molecule has 0 atom stereocenters. The molecular formula is C20H17N3O. The van der Waals surface area contributed by atoms with E-state index >= 15 is 0 Å². The number of allylic oxidation sites excluding steroid dienone is 1. The molecule has 0 aliphatic carbocycles. The molecule has 1 aliphatic rings. The lowest BCUT2D eigenvalue weighted by Crippen LogP contribution is -2.15. The lowest BCUT2D eigenvalue weighted by atomic mass is 10.0. The normalized spacial score (nSPS) is 14.8. The van der Waals surface area contributed by atoms with Crippen molar-refractivity contribution >= 4 is 23.0 Å². The van der Waals surface area contributed by atoms with Gasteiger partial charge in [0.25, 0.3) is 5.56 Å². The molecule has 1 N–H and O–H groups in total. The van der Waals surface area contributed by atoms with Crippen molar-refractivity contribution in [1.82, 2.24) is 9.78 Å². The van der Waals surface area contributed by atoms with E-state index in [0.29, 0.717) is 5.56 Å². The average Bonchev–Trinajstić information content (AvgIpc) is 3.07. The molecule has 4 rings (SSSR count). The predicted molar refractivity (Wildman–Crippen MR) is 98.2 cm³/mol. The number of fused-ring (bicyclic) bond motifs is 1. The fraction of sp³-hybridized carbons (Fsp3) is 0.100. The molecule has 118 valence electrons. The van der Waals surface area contributed by atoms with E-state index in [2.05, 4.69) is 10.1 Å². The Labute approximate surface area is 139 Å². The first kappa shape index (κ1) is 14.5. The first-order valence-electron chi connectivity index (χ1n) is 7.89. The summed E-state index contributed by atoms with van der Waals surface area (Å²) in [5, 5.41) is 3.16. The van der Waals surface area contributed by atoms with Crippen LogP contribution in [0.4, 0.5) is 5.69 Å². The Bertz CT molecular complexity index is 1040. The van der Waals surface area contributed by atoms with Crippen LogP contribution in [0.25, 0.3) is 17.3 Å². The van der Waals surface area contributed by atoms with Crippen LogP contribution in [-0.2, 0) is 0 Å². The first-order chi connectivity index (χ1) is 11.6. The highest BCUT2D eigenvalue weighted by Crippen LogP contribution is 2.35. The molecule has 24 heavy (non-hydrogen) atoms. The Morgan fingerprint density at radius 2 is 1.71 bits per heavy atom. The molecule has 3 aromatic rings. The summed E-state index contributed by atoms with van der Waals surface area (Å²) in [4.78, 5) is 17.4. The second-order valence-corrected chi connectivity index (χ2v) is 5.90. The summed E-state index contributed by atoms with van der Waals surface area (Å²) >= 11 is 0. The Morgan fingerprint density at radius 3 is 2.50 bits per heavy atom. The van der Waals surface area contributed by atoms with Crippen LogP contribution in [0.2, 0.25) is 0 Å². The molecule has 2 aromatic carbocycles. The molecule has 2 heterocycles. The quantitative estimate of drug-likeness (QED) is 0.760. The minimum atomic E-state index is -0.0524. The predicted octanol–water partition coefficient (Wildman–Crippen LogP) is 4.12. The van der Waals surface area contributed by atoms with Gasteiger partial charge in [0.1, 0.15) is 0 Å². The number of nitrogens with one attached hydrogen (secondary N) is 1. The highest BCUT2D eigenvalue weighted by atomic mass is 16.1. The standard InChI is InChI=1S/C20H17N3O/c1-13-17(16-10-6-7-11-19(16)21-13)12-18-14(2)22-23(20(18)24)15-8-4-3-5-9-15/h3-12,22H,1-2H3. The van der Waals surface area contributed by atoms with Crippen molar-refractivity contribution in [3.63, 3.8) is 0 Å². The molecule has 1 aliphatic heterocycles. The summed E-state index contributed by atoms with van der Waals surface area (Å²) in [6.07, 6.45) is 1.94. The van der Waals surface area contributed by atoms with Gasteiger partial charge in [-0.15, -0.1) is 0 Å². The fourth-order valence-electron chi connectivity index (χ4n) is 3.05. The molecule has 4 heteroatoms. The number of H-pyrrole nitrogens is 1. The summed E-state index contributed by atoms with van der Waals surface area (Å²) in [6, 6.07) is 17.6. The molecule has 0 saturated heterocycles. The molecule has 0 spiro atoms. The van der Waals surface area contributed by atoms with Crippen LogP contribution < -0.4 is 5.56 Å². The molecule has 1 aromatic heterocycles. The maximum atomic E-state index is 12.8. The Hall–Kier alpha value is -3.14. The highest BCUT2D eigenvalue weighted by molar-refractivity contribution is 6.31. The summed E-state index contributed by atoms with van der Waals surface area (Å²) in [5.74, 6) is 0. The van der Waals surface area contributed by atoms with Crippen molar-refractivity contribution in [2.45, 2.75) is 13.8 Å². The van der Waals surface area contributed by atoms with E-state index in [4.69, 9.17) is 0 Å². The highest BCUT2D eigenvalue weighted by Gasteiger charge is 2.19. The van der Waals surface area contributed by atoms with Gasteiger partial charge in [-0.2, -0.15) is 0 Å². The first-order valence-corrected chi connectivity index (χ1v) is 7.89. The molecule has 0 saturated carbocycles. The van der Waals surface area contributed by atoms with Gasteiger partial charge in [-0.05, 0) is 38.1 Å². The van der Waals surface area contributed by atoms with Crippen LogP contribution in [0, 0.1) is 6.92 Å². The van der Waals surface area contributed by atoms with Crippen LogP contribution >= 0.6 is 0 Å². The van der Waals surface area contributed by atoms with Gasteiger partial charge >= 0.3 is 0 Å². The van der Waals surface area contributed by atoms with Gasteiger partial charge in [0.15, 0.2) is 0 Å². The van der Waals surface area contributed by atoms with Crippen molar-refractivity contribution in [3.8, 4) is 5.69 Å². The van der Waals surface area contributed by atoms with Crippen molar-refractivity contribution in [3.05, 3.63) is 81.8 Å². The van der Waals surface area contributed by atoms with Crippen LogP contribution in [0.3, 0.4) is 0 Å². The number of aromatic nitrogens is 2. The minimum Gasteiger partial charge on any atom is -0.295 e. The van der Waals surface area contributed by atoms with Gasteiger partial charge in [-0.1, -0.05) is 36.4 Å². The Morgan fingerprint density at radius 1 is 1.00 bits per heavy atom. The van der Waals surface area contributed by atoms with Gasteiger partial charge in [0.05, 0.1) is 16.9 Å². The van der Waals surface area contributed by atoms with Crippen molar-refractivity contribution in [2.24, 2.45) is 4.99 Å². The number of rotatable bonds is 2. The van der Waals surface area contributed by atoms with Gasteiger partial charge in [0.2, 0.25) is 0 Å². The Kier molecular flexibility index (Phi) is 3.31. The summed E-state index contributed by atoms with van der Waals surface area (Å²) in [6.45, 7) is 3.89. The maximum Gasteiger partial charge on any atom is 0.278 e. The smallest absolute Gasteiger partial charge is 0.278 e. The van der Waals surface area contributed by atoms with Crippen LogP contribution in [0.5, 0.6) is 0 Å². The van der Waals surface area contributed by atoms with E-state index in [0.717, 1.165) is 33.9 Å². The van der Waals surface area contributed by atoms with Crippen LogP contribution in [-0.4, -0.2) is 15.5 Å². The second-order valence-electron chi connectivity index (χ2n) is 5.90. The topological polar surface area (TPSA) is 50.1 Å². The molecule has 0 amide bonds. The summed E-state index contributed by atoms with van der Waals surface area (Å²) in [5.41, 5.74) is 6.25. The van der Waals surface area contributed by atoms with Gasteiger partial charge in [-0.3, -0.25) is 14.9 Å². The number of hydrogen-bond donors (Lipinski definition) is 1. The third-order valence-electron chi connectivity index (χ3n) is 4.29. The van der Waals surface area contributed by atoms with Gasteiger partial charge < -0.3 is 0 Å². The zero-order chi connectivity index (χ0) is 16.7. The largest absolute Gasteiger partial charge is 0.295 e. The van der Waals surface area contributed by atoms with E-state index in [1.54, 1.807) is 4.68 Å². The molecule has 0 unspecified atom stereocenters. The number of para-hydroxylation sites is 2. The summed E-state index contributed by atoms with van der Waals surface area (Å²) in [7, 11) is 0. The number of nitrogens with zero attached hydrogens (tertiary/aromatic N) is 2. The molecule has 0 bridgehead atoms. The van der Waals surface area contributed by atoms with Crippen LogP contribution in [0.1, 0.15) is 23.7 Å². The molecule has 0 radical (unpaired) electrons. The van der Waals surface area contributed by atoms with Crippen molar-refractivity contribution in [2.75, 3.05) is 0 Å². The van der Waals surface area contributed by atoms with E-state index in [9.17, 15) is 4.79 Å². The number of aromatic amines is 1. The van der Waals surface area contributed by atoms with E-state index < -0.39 is 0 Å². The molecule has 4 nitrogen and oxygen atoms in total. The average molecular weight is 315 g/mol. The lowest BCUT2D eigenvalue weighted by Gasteiger charge is -2.00. The molecular weight excluding hydrogens is 298 g/mol. The number of aliphatic imine (C=N–C) groups is 1. The monoisotopic (exact) mass is 315 g/mol. The Balaban J connectivity index is 1.87. The summed E-state index contributed by atoms with van der Waals surface area (Å²) < 4.78 is 1.58. The molecule has 0 fully saturated rings. The van der Waals surface area contributed by atoms with E-state index in [1.165, 1.54) is 0 Å². The number of benzene rings is 2. The van der Waals surface area contributed by atoms with E-state index in [-0.39, 0.29) is 5.56 Å². The number of aryl methyl sites for hydroxylation is 1. The van der Waals surface area contributed by atoms with Gasteiger partial charge in [0, 0.05) is 22.5 Å². The van der Waals surface area contributed by atoms with Crippen molar-refractivity contribution in [1.29, 1.82) is 0 Å². The fourth-order valence-corrected chi connectivity index (χ4v) is 3.05. The third-order valence-corrected chi connectivity index (χ3v) is 4.29. The zero-order valence-corrected chi connectivity index (χ0v) is 13.6. The SMILES string of the molecule is CC1=Nc2ccccc2C1=Cc1c(C)[nH]n(-c2ccccc2)c1=O. The van der Waals surface area contributed by atoms with Crippen molar-refractivity contribution < 1.29 is 0 Å². The van der Waals surface area contributed by atoms with Gasteiger partial charge in [-0.25, -0.2) is 4.68 Å². The maximum absolute atomic E-state index is 12.8. The minimum absolute atomic E-state index is 0.0524. The second kappa shape index (κ2) is 5.49. The van der Waals surface area contributed by atoms with E-state index in [1.807, 2.05) is 74.5 Å². The van der Waals surface area contributed by atoms with Crippen LogP contribution in [0.15, 0.2) is 64.4 Å². The zero-order valence-electron chi connectivity index (χ0n) is 13.6. The number of hydrogen-bond acceptors (Lipinski definition) is 2. The lowest BCUT2D eigenvalue weighted by molar-refractivity contribution is 0.835.